The second kappa shape index (κ2) is 7.40. The minimum atomic E-state index is -1.03. The van der Waals surface area contributed by atoms with Gasteiger partial charge in [-0.25, -0.2) is 8.78 Å². The number of carbonyl (C=O) groups is 1. The number of benzene rings is 2. The van der Waals surface area contributed by atoms with Crippen LogP contribution in [0.15, 0.2) is 42.5 Å². The molecular weight excluding hydrogens is 314 g/mol. The van der Waals surface area contributed by atoms with Gasteiger partial charge < -0.3 is 15.3 Å². The lowest BCUT2D eigenvalue weighted by Gasteiger charge is -2.21. The van der Waals surface area contributed by atoms with E-state index in [-0.39, 0.29) is 5.56 Å². The largest absolute Gasteiger partial charge is 0.386 e. The molecule has 0 radical (unpaired) electrons. The number of aliphatic hydroxyl groups excluding tert-OH is 1. The maximum absolute atomic E-state index is 14.1. The monoisotopic (exact) mass is 334 g/mol. The van der Waals surface area contributed by atoms with Crippen LogP contribution in [0.4, 0.5) is 14.5 Å². The Bertz CT molecular complexity index is 717. The third kappa shape index (κ3) is 4.08. The van der Waals surface area contributed by atoms with Gasteiger partial charge in [-0.2, -0.15) is 0 Å². The van der Waals surface area contributed by atoms with Crippen molar-refractivity contribution in [2.24, 2.45) is 0 Å². The second-order valence-corrected chi connectivity index (χ2v) is 5.82. The zero-order valence-corrected chi connectivity index (χ0v) is 13.8. The van der Waals surface area contributed by atoms with E-state index < -0.39 is 29.7 Å². The molecule has 0 aromatic heterocycles. The van der Waals surface area contributed by atoms with Gasteiger partial charge in [0.1, 0.15) is 11.6 Å². The van der Waals surface area contributed by atoms with Crippen LogP contribution < -0.4 is 10.2 Å². The maximum Gasteiger partial charge on any atom is 0.254 e. The Labute approximate surface area is 139 Å². The molecule has 24 heavy (non-hydrogen) atoms. The summed E-state index contributed by atoms with van der Waals surface area (Å²) in [5.41, 5.74) is 1.01. The number of nitrogens with one attached hydrogen (secondary N) is 1. The van der Waals surface area contributed by atoms with E-state index in [9.17, 15) is 18.7 Å². The van der Waals surface area contributed by atoms with E-state index in [1.54, 1.807) is 32.0 Å². The van der Waals surface area contributed by atoms with Crippen molar-refractivity contribution in [3.63, 3.8) is 0 Å². The minimum absolute atomic E-state index is 0.0984. The quantitative estimate of drug-likeness (QED) is 0.884. The van der Waals surface area contributed by atoms with Gasteiger partial charge in [0.25, 0.3) is 5.91 Å². The summed E-state index contributed by atoms with van der Waals surface area (Å²) in [6.45, 7) is 1.60. The Balaban J connectivity index is 2.09. The van der Waals surface area contributed by atoms with E-state index in [1.807, 2.05) is 0 Å². The fraction of sp³-hybridized carbons (Fsp3) is 0.278. The van der Waals surface area contributed by atoms with Crippen molar-refractivity contribution in [1.29, 1.82) is 0 Å². The topological polar surface area (TPSA) is 52.6 Å². The van der Waals surface area contributed by atoms with Crippen LogP contribution in [0.5, 0.6) is 0 Å². The van der Waals surface area contributed by atoms with Gasteiger partial charge in [0.05, 0.1) is 17.7 Å². The van der Waals surface area contributed by atoms with E-state index >= 15 is 0 Å². The van der Waals surface area contributed by atoms with Gasteiger partial charge in [0.15, 0.2) is 0 Å². The van der Waals surface area contributed by atoms with Crippen molar-refractivity contribution in [1.82, 2.24) is 5.32 Å². The van der Waals surface area contributed by atoms with Crippen molar-refractivity contribution in [3.8, 4) is 0 Å². The zero-order valence-electron chi connectivity index (χ0n) is 13.8. The van der Waals surface area contributed by atoms with Crippen molar-refractivity contribution >= 4 is 11.6 Å². The van der Waals surface area contributed by atoms with E-state index in [0.29, 0.717) is 11.3 Å². The summed E-state index contributed by atoms with van der Waals surface area (Å²) in [6.07, 6.45) is -1.03. The zero-order chi connectivity index (χ0) is 17.9. The van der Waals surface area contributed by atoms with Crippen LogP contribution in [0.3, 0.4) is 0 Å². The lowest BCUT2D eigenvalue weighted by molar-refractivity contribution is 0.0848. The highest BCUT2D eigenvalue weighted by Gasteiger charge is 2.21. The van der Waals surface area contributed by atoms with Crippen molar-refractivity contribution in [3.05, 3.63) is 65.2 Å². The molecule has 0 spiro atoms. The molecule has 0 aliphatic carbocycles. The van der Waals surface area contributed by atoms with Gasteiger partial charge in [-0.15, -0.1) is 0 Å². The highest BCUT2D eigenvalue weighted by atomic mass is 19.1. The summed E-state index contributed by atoms with van der Waals surface area (Å²) in [7, 11) is 3.55. The predicted molar refractivity (Wildman–Crippen MR) is 89.0 cm³/mol. The Kier molecular flexibility index (Phi) is 5.51. The molecule has 1 amide bonds. The van der Waals surface area contributed by atoms with E-state index in [4.69, 9.17) is 0 Å². The van der Waals surface area contributed by atoms with Crippen LogP contribution in [-0.4, -0.2) is 31.2 Å². The SMILES string of the molecule is CC(NC(=O)c1ccc(N(C)C)cc1F)C(O)c1ccc(F)cc1. The first-order chi connectivity index (χ1) is 11.3. The van der Waals surface area contributed by atoms with Crippen LogP contribution >= 0.6 is 0 Å². The number of nitrogens with zero attached hydrogens (tertiary/aromatic N) is 1. The highest BCUT2D eigenvalue weighted by Crippen LogP contribution is 2.19. The predicted octanol–water partition coefficient (Wildman–Crippen LogP) is 2.88. The third-order valence-electron chi connectivity index (χ3n) is 3.76. The molecular formula is C18H20F2N2O2. The maximum atomic E-state index is 14.1. The third-order valence-corrected chi connectivity index (χ3v) is 3.76. The molecule has 0 fully saturated rings. The van der Waals surface area contributed by atoms with Crippen molar-refractivity contribution < 1.29 is 18.7 Å². The first-order valence-electron chi connectivity index (χ1n) is 7.51. The van der Waals surface area contributed by atoms with E-state index in [2.05, 4.69) is 5.32 Å². The molecule has 6 heteroatoms. The Morgan fingerprint density at radius 3 is 2.29 bits per heavy atom. The highest BCUT2D eigenvalue weighted by molar-refractivity contribution is 5.95. The summed E-state index contributed by atoms with van der Waals surface area (Å²) in [6, 6.07) is 8.98. The molecule has 2 aromatic rings. The molecule has 4 nitrogen and oxygen atoms in total. The normalized spacial score (nSPS) is 13.2. The molecule has 0 saturated heterocycles. The van der Waals surface area contributed by atoms with Crippen LogP contribution in [0, 0.1) is 11.6 Å². The average Bonchev–Trinajstić information content (AvgIpc) is 2.54. The summed E-state index contributed by atoms with van der Waals surface area (Å²) < 4.78 is 27.0. The molecule has 128 valence electrons. The number of hydrogen-bond acceptors (Lipinski definition) is 3. The first-order valence-corrected chi connectivity index (χ1v) is 7.51. The average molecular weight is 334 g/mol. The fourth-order valence-electron chi connectivity index (χ4n) is 2.28. The van der Waals surface area contributed by atoms with Gasteiger partial charge >= 0.3 is 0 Å². The smallest absolute Gasteiger partial charge is 0.254 e. The van der Waals surface area contributed by atoms with Gasteiger partial charge in [0.2, 0.25) is 0 Å². The first kappa shape index (κ1) is 17.9. The molecule has 0 bridgehead atoms. The Morgan fingerprint density at radius 1 is 1.12 bits per heavy atom. The molecule has 0 aliphatic heterocycles. The molecule has 2 unspecified atom stereocenters. The van der Waals surface area contributed by atoms with Crippen LogP contribution in [-0.2, 0) is 0 Å². The minimum Gasteiger partial charge on any atom is -0.386 e. The Hall–Kier alpha value is -2.47. The molecule has 2 atom stereocenters. The fourth-order valence-corrected chi connectivity index (χ4v) is 2.28. The number of rotatable bonds is 5. The molecule has 2 N–H and O–H groups in total. The number of amides is 1. The van der Waals surface area contributed by atoms with Gasteiger partial charge in [0, 0.05) is 19.8 Å². The lowest BCUT2D eigenvalue weighted by atomic mass is 10.0. The van der Waals surface area contributed by atoms with Gasteiger partial charge in [-0.05, 0) is 42.8 Å². The van der Waals surface area contributed by atoms with Crippen LogP contribution in [0.25, 0.3) is 0 Å². The van der Waals surface area contributed by atoms with Gasteiger partial charge in [-0.1, -0.05) is 12.1 Å². The standard InChI is InChI=1S/C18H20F2N2O2/c1-11(17(23)12-4-6-13(19)7-5-12)21-18(24)15-9-8-14(22(2)3)10-16(15)20/h4-11,17,23H,1-3H3,(H,21,24). The van der Waals surface area contributed by atoms with Gasteiger partial charge in [-0.3, -0.25) is 4.79 Å². The Morgan fingerprint density at radius 2 is 1.75 bits per heavy atom. The van der Waals surface area contributed by atoms with Crippen molar-refractivity contribution in [2.75, 3.05) is 19.0 Å². The van der Waals surface area contributed by atoms with E-state index in [0.717, 1.165) is 0 Å². The summed E-state index contributed by atoms with van der Waals surface area (Å²) in [5.74, 6) is -1.67. The van der Waals surface area contributed by atoms with Crippen molar-refractivity contribution in [2.45, 2.75) is 19.1 Å². The summed E-state index contributed by atoms with van der Waals surface area (Å²) in [5, 5.41) is 12.8. The lowest BCUT2D eigenvalue weighted by Crippen LogP contribution is -2.37. The second-order valence-electron chi connectivity index (χ2n) is 5.82. The number of hydrogen-bond donors (Lipinski definition) is 2. The molecule has 2 aromatic carbocycles. The van der Waals surface area contributed by atoms with E-state index in [1.165, 1.54) is 36.4 Å². The summed E-state index contributed by atoms with van der Waals surface area (Å²) >= 11 is 0. The number of halogens is 2. The van der Waals surface area contributed by atoms with Crippen LogP contribution in [0.2, 0.25) is 0 Å². The molecule has 0 aliphatic rings. The number of carbonyl (C=O) groups excluding carboxylic acids is 1. The molecule has 0 heterocycles. The molecule has 0 saturated carbocycles. The van der Waals surface area contributed by atoms with Crippen LogP contribution in [0.1, 0.15) is 28.9 Å². The number of aliphatic hydroxyl groups is 1. The summed E-state index contributed by atoms with van der Waals surface area (Å²) in [4.78, 5) is 13.9. The molecule has 2 rings (SSSR count). The number of anilines is 1.